The highest BCUT2D eigenvalue weighted by Crippen LogP contribution is 2.20. The quantitative estimate of drug-likeness (QED) is 0.871. The van der Waals surface area contributed by atoms with Crippen LogP contribution in [0.3, 0.4) is 0 Å². The number of nitrogens with two attached hydrogens (primary N) is 1. The van der Waals surface area contributed by atoms with Crippen molar-refractivity contribution in [2.75, 3.05) is 0 Å². The number of nitrogens with zero attached hydrogens (tertiary/aromatic N) is 1. The van der Waals surface area contributed by atoms with Crippen LogP contribution in [0.4, 0.5) is 0 Å². The molecule has 0 bridgehead atoms. The predicted octanol–water partition coefficient (Wildman–Crippen LogP) is 2.14. The molecular formula is C15H16N2O3. The second kappa shape index (κ2) is 6.16. The number of carbonyl (C=O) groups is 1. The third-order valence-electron chi connectivity index (χ3n) is 2.80. The van der Waals surface area contributed by atoms with Gasteiger partial charge in [0, 0.05) is 12.3 Å². The van der Waals surface area contributed by atoms with Crippen LogP contribution in [-0.2, 0) is 11.2 Å². The van der Waals surface area contributed by atoms with Crippen molar-refractivity contribution in [3.63, 3.8) is 0 Å². The molecule has 0 amide bonds. The molecule has 1 heterocycles. The smallest absolute Gasteiger partial charge is 0.320 e. The van der Waals surface area contributed by atoms with Crippen molar-refractivity contribution in [2.24, 2.45) is 5.73 Å². The lowest BCUT2D eigenvalue weighted by Crippen LogP contribution is -2.32. The van der Waals surface area contributed by atoms with E-state index < -0.39 is 12.0 Å². The lowest BCUT2D eigenvalue weighted by atomic mass is 10.1. The summed E-state index contributed by atoms with van der Waals surface area (Å²) in [6.07, 6.45) is 2.02. The van der Waals surface area contributed by atoms with Crippen LogP contribution in [0.2, 0.25) is 0 Å². The summed E-state index contributed by atoms with van der Waals surface area (Å²) in [6, 6.07) is 9.96. The van der Waals surface area contributed by atoms with Gasteiger partial charge in [-0.25, -0.2) is 4.98 Å². The van der Waals surface area contributed by atoms with E-state index in [1.807, 2.05) is 13.0 Å². The van der Waals surface area contributed by atoms with Crippen LogP contribution in [0.1, 0.15) is 11.1 Å². The molecule has 1 atom stereocenters. The van der Waals surface area contributed by atoms with E-state index >= 15 is 0 Å². The summed E-state index contributed by atoms with van der Waals surface area (Å²) in [6.45, 7) is 1.96. The molecular weight excluding hydrogens is 256 g/mol. The number of carboxylic acid groups (broad SMARTS) is 1. The lowest BCUT2D eigenvalue weighted by Gasteiger charge is -2.08. The molecule has 5 nitrogen and oxygen atoms in total. The first kappa shape index (κ1) is 14.0. The Balaban J connectivity index is 2.01. The van der Waals surface area contributed by atoms with E-state index in [1.165, 1.54) is 0 Å². The maximum absolute atomic E-state index is 10.7. The Bertz CT molecular complexity index is 579. The minimum Gasteiger partial charge on any atom is -0.480 e. The summed E-state index contributed by atoms with van der Waals surface area (Å²) in [7, 11) is 0. The molecule has 0 saturated heterocycles. The Morgan fingerprint density at radius 3 is 2.55 bits per heavy atom. The lowest BCUT2D eigenvalue weighted by molar-refractivity contribution is -0.138. The van der Waals surface area contributed by atoms with Gasteiger partial charge in [0.25, 0.3) is 0 Å². The summed E-state index contributed by atoms with van der Waals surface area (Å²) >= 11 is 0. The van der Waals surface area contributed by atoms with Crippen LogP contribution in [0.25, 0.3) is 0 Å². The molecule has 0 unspecified atom stereocenters. The molecule has 0 aliphatic heterocycles. The van der Waals surface area contributed by atoms with Crippen molar-refractivity contribution in [3.05, 3.63) is 53.7 Å². The van der Waals surface area contributed by atoms with Crippen molar-refractivity contribution in [1.82, 2.24) is 4.98 Å². The second-order valence-corrected chi connectivity index (χ2v) is 4.57. The van der Waals surface area contributed by atoms with Crippen LogP contribution in [-0.4, -0.2) is 22.1 Å². The Morgan fingerprint density at radius 1 is 1.30 bits per heavy atom. The number of pyridine rings is 1. The first-order chi connectivity index (χ1) is 9.54. The summed E-state index contributed by atoms with van der Waals surface area (Å²) in [4.78, 5) is 14.8. The minimum absolute atomic E-state index is 0.290. The van der Waals surface area contributed by atoms with Gasteiger partial charge in [-0.05, 0) is 36.6 Å². The summed E-state index contributed by atoms with van der Waals surface area (Å²) in [5.74, 6) is 0.161. The van der Waals surface area contributed by atoms with Gasteiger partial charge in [0.2, 0.25) is 5.88 Å². The van der Waals surface area contributed by atoms with E-state index in [9.17, 15) is 4.79 Å². The molecule has 0 aliphatic carbocycles. The van der Waals surface area contributed by atoms with Gasteiger partial charge in [0.15, 0.2) is 0 Å². The molecule has 3 N–H and O–H groups in total. The summed E-state index contributed by atoms with van der Waals surface area (Å²) in [5, 5.41) is 8.76. The number of aliphatic carboxylic acids is 1. The van der Waals surface area contributed by atoms with E-state index in [4.69, 9.17) is 15.6 Å². The van der Waals surface area contributed by atoms with Crippen molar-refractivity contribution < 1.29 is 14.6 Å². The maximum Gasteiger partial charge on any atom is 0.320 e. The molecule has 0 saturated carbocycles. The van der Waals surface area contributed by atoms with Crippen molar-refractivity contribution in [2.45, 2.75) is 19.4 Å². The molecule has 20 heavy (non-hydrogen) atoms. The highest BCUT2D eigenvalue weighted by atomic mass is 16.5. The van der Waals surface area contributed by atoms with Gasteiger partial charge >= 0.3 is 5.97 Å². The van der Waals surface area contributed by atoms with Gasteiger partial charge in [0.1, 0.15) is 11.8 Å². The van der Waals surface area contributed by atoms with Crippen LogP contribution in [0.5, 0.6) is 11.6 Å². The molecule has 0 aliphatic rings. The molecule has 0 spiro atoms. The van der Waals surface area contributed by atoms with Crippen molar-refractivity contribution in [1.29, 1.82) is 0 Å². The monoisotopic (exact) mass is 272 g/mol. The predicted molar refractivity (Wildman–Crippen MR) is 74.8 cm³/mol. The van der Waals surface area contributed by atoms with Gasteiger partial charge in [-0.15, -0.1) is 0 Å². The highest BCUT2D eigenvalue weighted by molar-refractivity contribution is 5.73. The second-order valence-electron chi connectivity index (χ2n) is 4.57. The molecule has 0 fully saturated rings. The fraction of sp³-hybridized carbons (Fsp3) is 0.200. The number of carboxylic acids is 1. The van der Waals surface area contributed by atoms with Crippen LogP contribution in [0, 0.1) is 6.92 Å². The number of benzene rings is 1. The zero-order valence-electron chi connectivity index (χ0n) is 11.1. The first-order valence-corrected chi connectivity index (χ1v) is 6.22. The van der Waals surface area contributed by atoms with E-state index in [0.717, 1.165) is 11.1 Å². The van der Waals surface area contributed by atoms with Gasteiger partial charge in [-0.2, -0.15) is 0 Å². The topological polar surface area (TPSA) is 85.4 Å². The summed E-state index contributed by atoms with van der Waals surface area (Å²) < 4.78 is 5.58. The van der Waals surface area contributed by atoms with Gasteiger partial charge < -0.3 is 15.6 Å². The average Bonchev–Trinajstić information content (AvgIpc) is 2.43. The maximum atomic E-state index is 10.7. The third kappa shape index (κ3) is 3.80. The van der Waals surface area contributed by atoms with E-state index in [2.05, 4.69) is 4.98 Å². The van der Waals surface area contributed by atoms with Crippen LogP contribution in [0.15, 0.2) is 42.6 Å². The van der Waals surface area contributed by atoms with Crippen LogP contribution >= 0.6 is 0 Å². The fourth-order valence-electron chi connectivity index (χ4n) is 1.67. The SMILES string of the molecule is Cc1ccc(Oc2ccc(C[C@H](N)C(=O)O)cc2)nc1. The van der Waals surface area contributed by atoms with Crippen LogP contribution < -0.4 is 10.5 Å². The number of rotatable bonds is 5. The first-order valence-electron chi connectivity index (χ1n) is 6.22. The molecule has 2 aromatic rings. The molecule has 0 radical (unpaired) electrons. The van der Waals surface area contributed by atoms with E-state index in [-0.39, 0.29) is 0 Å². The van der Waals surface area contributed by atoms with E-state index in [1.54, 1.807) is 36.5 Å². The highest BCUT2D eigenvalue weighted by Gasteiger charge is 2.11. The zero-order valence-corrected chi connectivity index (χ0v) is 11.1. The Morgan fingerprint density at radius 2 is 2.00 bits per heavy atom. The molecule has 104 valence electrons. The molecule has 1 aromatic heterocycles. The van der Waals surface area contributed by atoms with Crippen molar-refractivity contribution in [3.8, 4) is 11.6 Å². The van der Waals surface area contributed by atoms with Gasteiger partial charge in [-0.3, -0.25) is 4.79 Å². The Labute approximate surface area is 117 Å². The van der Waals surface area contributed by atoms with Gasteiger partial charge in [-0.1, -0.05) is 18.2 Å². The minimum atomic E-state index is -1.01. The Hall–Kier alpha value is -2.40. The number of hydrogen-bond acceptors (Lipinski definition) is 4. The molecule has 2 rings (SSSR count). The number of aryl methyl sites for hydroxylation is 1. The van der Waals surface area contributed by atoms with Gasteiger partial charge in [0.05, 0.1) is 0 Å². The largest absolute Gasteiger partial charge is 0.480 e. The fourth-order valence-corrected chi connectivity index (χ4v) is 1.67. The van der Waals surface area contributed by atoms with Crippen molar-refractivity contribution >= 4 is 5.97 Å². The average molecular weight is 272 g/mol. The standard InChI is InChI=1S/C15H16N2O3/c1-10-2-7-14(17-9-10)20-12-5-3-11(4-6-12)8-13(16)15(18)19/h2-7,9,13H,8,16H2,1H3,(H,18,19)/t13-/m0/s1. The summed E-state index contributed by atoms with van der Waals surface area (Å²) in [5.41, 5.74) is 7.40. The third-order valence-corrected chi connectivity index (χ3v) is 2.80. The normalized spacial score (nSPS) is 11.9. The van der Waals surface area contributed by atoms with E-state index in [0.29, 0.717) is 18.1 Å². The zero-order chi connectivity index (χ0) is 14.5. The molecule has 5 heteroatoms. The Kier molecular flexibility index (Phi) is 4.32. The molecule has 1 aromatic carbocycles. The number of hydrogen-bond donors (Lipinski definition) is 2. The number of ether oxygens (including phenoxy) is 1. The number of aromatic nitrogens is 1.